The fourth-order valence-electron chi connectivity index (χ4n) is 3.30. The molecule has 7 nitrogen and oxygen atoms in total. The minimum absolute atomic E-state index is 0.0595. The summed E-state index contributed by atoms with van der Waals surface area (Å²) in [4.78, 5) is 13.0. The highest BCUT2D eigenvalue weighted by Gasteiger charge is 2.23. The number of carbonyl (C=O) groups is 1. The molecule has 1 aliphatic heterocycles. The molecule has 8 heteroatoms. The molecule has 0 radical (unpaired) electrons. The summed E-state index contributed by atoms with van der Waals surface area (Å²) in [5.41, 5.74) is 1.18. The molecule has 1 aliphatic rings. The third-order valence-electron chi connectivity index (χ3n) is 4.68. The molecule has 162 valence electrons. The highest BCUT2D eigenvalue weighted by atomic mass is 32.2. The van der Waals surface area contributed by atoms with Crippen molar-refractivity contribution in [3.05, 3.63) is 53.6 Å². The maximum absolute atomic E-state index is 12.9. The molecule has 0 spiro atoms. The topological polar surface area (TPSA) is 93.7 Å². The van der Waals surface area contributed by atoms with Crippen LogP contribution in [0.4, 0.5) is 0 Å². The van der Waals surface area contributed by atoms with Gasteiger partial charge in [-0.05, 0) is 55.7 Å². The number of fused-ring (bicyclic) bond motifs is 1. The molecular formula is C22H28N2O5S. The van der Waals surface area contributed by atoms with Gasteiger partial charge in [0, 0.05) is 11.6 Å². The van der Waals surface area contributed by atoms with Crippen molar-refractivity contribution in [3.8, 4) is 11.5 Å². The van der Waals surface area contributed by atoms with Crippen molar-refractivity contribution in [2.75, 3.05) is 13.2 Å². The van der Waals surface area contributed by atoms with Crippen LogP contribution >= 0.6 is 0 Å². The lowest BCUT2D eigenvalue weighted by Gasteiger charge is -2.25. The van der Waals surface area contributed by atoms with Crippen molar-refractivity contribution in [1.29, 1.82) is 0 Å². The summed E-state index contributed by atoms with van der Waals surface area (Å²) in [5.74, 6) is 1.11. The number of sulfonamides is 1. The van der Waals surface area contributed by atoms with Crippen LogP contribution in [0.5, 0.6) is 11.5 Å². The van der Waals surface area contributed by atoms with E-state index in [9.17, 15) is 13.2 Å². The summed E-state index contributed by atoms with van der Waals surface area (Å²) in [5, 5.41) is 3.02. The normalized spacial score (nSPS) is 14.6. The van der Waals surface area contributed by atoms with E-state index < -0.39 is 10.0 Å². The summed E-state index contributed by atoms with van der Waals surface area (Å²) in [6.07, 6.45) is 0. The molecule has 0 saturated heterocycles. The first-order valence-electron chi connectivity index (χ1n) is 10.00. The monoisotopic (exact) mass is 432 g/mol. The zero-order valence-electron chi connectivity index (χ0n) is 17.6. The van der Waals surface area contributed by atoms with Gasteiger partial charge in [0.1, 0.15) is 13.2 Å². The standard InChI is InChI=1S/C22H28N2O5S/c1-14(2)21(16-8-9-19-20(13-16)29-11-10-28-19)23-22(25)17-6-5-7-18(12-17)30(26,27)24-15(3)4/h5-9,12-15,21,24H,10-11H2,1-4H3,(H,23,25). The van der Waals surface area contributed by atoms with Crippen LogP contribution in [0.25, 0.3) is 0 Å². The van der Waals surface area contributed by atoms with Crippen LogP contribution in [0.1, 0.15) is 49.7 Å². The third-order valence-corrected chi connectivity index (χ3v) is 6.33. The Bertz CT molecular complexity index is 1020. The molecule has 0 aromatic heterocycles. The van der Waals surface area contributed by atoms with Gasteiger partial charge < -0.3 is 14.8 Å². The molecule has 1 unspecified atom stereocenters. The molecule has 1 heterocycles. The molecular weight excluding hydrogens is 404 g/mol. The zero-order chi connectivity index (χ0) is 21.9. The van der Waals surface area contributed by atoms with Gasteiger partial charge in [-0.3, -0.25) is 4.79 Å². The van der Waals surface area contributed by atoms with Gasteiger partial charge in [-0.2, -0.15) is 0 Å². The van der Waals surface area contributed by atoms with Crippen LogP contribution in [0, 0.1) is 5.92 Å². The third kappa shape index (κ3) is 5.12. The van der Waals surface area contributed by atoms with E-state index in [1.807, 2.05) is 32.0 Å². The van der Waals surface area contributed by atoms with E-state index in [-0.39, 0.29) is 34.4 Å². The second kappa shape index (κ2) is 9.06. The number of carbonyl (C=O) groups excluding carboxylic acids is 1. The predicted molar refractivity (Wildman–Crippen MR) is 114 cm³/mol. The smallest absolute Gasteiger partial charge is 0.251 e. The van der Waals surface area contributed by atoms with Gasteiger partial charge in [-0.25, -0.2) is 13.1 Å². The van der Waals surface area contributed by atoms with Gasteiger partial charge in [0.25, 0.3) is 5.91 Å². The number of amides is 1. The van der Waals surface area contributed by atoms with Crippen molar-refractivity contribution < 1.29 is 22.7 Å². The minimum atomic E-state index is -3.68. The molecule has 1 atom stereocenters. The highest BCUT2D eigenvalue weighted by molar-refractivity contribution is 7.89. The van der Waals surface area contributed by atoms with Crippen molar-refractivity contribution in [2.45, 2.75) is 44.7 Å². The summed E-state index contributed by atoms with van der Waals surface area (Å²) in [7, 11) is -3.68. The Morgan fingerprint density at radius 1 is 0.967 bits per heavy atom. The molecule has 30 heavy (non-hydrogen) atoms. The van der Waals surface area contributed by atoms with E-state index in [1.165, 1.54) is 12.1 Å². The van der Waals surface area contributed by atoms with Gasteiger partial charge in [-0.1, -0.05) is 26.0 Å². The van der Waals surface area contributed by atoms with Gasteiger partial charge in [0.2, 0.25) is 10.0 Å². The number of hydrogen-bond acceptors (Lipinski definition) is 5. The maximum Gasteiger partial charge on any atom is 0.251 e. The van der Waals surface area contributed by atoms with Crippen LogP contribution in [0.2, 0.25) is 0 Å². The summed E-state index contributed by atoms with van der Waals surface area (Å²) in [6, 6.07) is 11.2. The first kappa shape index (κ1) is 22.1. The van der Waals surface area contributed by atoms with Crippen molar-refractivity contribution >= 4 is 15.9 Å². The molecule has 2 aromatic rings. The lowest BCUT2D eigenvalue weighted by Crippen LogP contribution is -2.33. The lowest BCUT2D eigenvalue weighted by atomic mass is 9.95. The molecule has 3 rings (SSSR count). The highest BCUT2D eigenvalue weighted by Crippen LogP contribution is 2.34. The van der Waals surface area contributed by atoms with Crippen LogP contribution in [0.3, 0.4) is 0 Å². The molecule has 2 N–H and O–H groups in total. The number of hydrogen-bond donors (Lipinski definition) is 2. The average molecular weight is 433 g/mol. The lowest BCUT2D eigenvalue weighted by molar-refractivity contribution is 0.0925. The molecule has 0 bridgehead atoms. The van der Waals surface area contributed by atoms with Gasteiger partial charge in [-0.15, -0.1) is 0 Å². The van der Waals surface area contributed by atoms with E-state index in [1.54, 1.807) is 26.0 Å². The fourth-order valence-corrected chi connectivity index (χ4v) is 4.59. The molecule has 0 saturated carbocycles. The van der Waals surface area contributed by atoms with E-state index >= 15 is 0 Å². The van der Waals surface area contributed by atoms with E-state index in [0.717, 1.165) is 5.56 Å². The largest absolute Gasteiger partial charge is 0.486 e. The van der Waals surface area contributed by atoms with Crippen LogP contribution in [0.15, 0.2) is 47.4 Å². The molecule has 0 fully saturated rings. The second-order valence-corrected chi connectivity index (χ2v) is 9.62. The van der Waals surface area contributed by atoms with Crippen LogP contribution in [-0.4, -0.2) is 33.6 Å². The van der Waals surface area contributed by atoms with Crippen LogP contribution < -0.4 is 19.5 Å². The Kier molecular flexibility index (Phi) is 6.67. The molecule has 2 aromatic carbocycles. The van der Waals surface area contributed by atoms with Crippen LogP contribution in [-0.2, 0) is 10.0 Å². The Hall–Kier alpha value is -2.58. The van der Waals surface area contributed by atoms with Crippen molar-refractivity contribution in [3.63, 3.8) is 0 Å². The van der Waals surface area contributed by atoms with Gasteiger partial charge in [0.15, 0.2) is 11.5 Å². The van der Waals surface area contributed by atoms with E-state index in [2.05, 4.69) is 10.0 Å². The summed E-state index contributed by atoms with van der Waals surface area (Å²) < 4.78 is 38.6. The van der Waals surface area contributed by atoms with Crippen molar-refractivity contribution in [1.82, 2.24) is 10.0 Å². The second-order valence-electron chi connectivity index (χ2n) is 7.90. The van der Waals surface area contributed by atoms with Crippen molar-refractivity contribution in [2.24, 2.45) is 5.92 Å². The van der Waals surface area contributed by atoms with Gasteiger partial charge >= 0.3 is 0 Å². The Labute approximate surface area is 177 Å². The van der Waals surface area contributed by atoms with E-state index in [0.29, 0.717) is 24.7 Å². The summed E-state index contributed by atoms with van der Waals surface area (Å²) in [6.45, 7) is 8.51. The number of benzene rings is 2. The van der Waals surface area contributed by atoms with E-state index in [4.69, 9.17) is 9.47 Å². The Balaban J connectivity index is 1.83. The maximum atomic E-state index is 12.9. The predicted octanol–water partition coefficient (Wildman–Crippen LogP) is 3.27. The number of rotatable bonds is 7. The SMILES string of the molecule is CC(C)NS(=O)(=O)c1cccc(C(=O)NC(c2ccc3c(c2)OCCO3)C(C)C)c1. The average Bonchev–Trinajstić information content (AvgIpc) is 2.70. The minimum Gasteiger partial charge on any atom is -0.486 e. The quantitative estimate of drug-likeness (QED) is 0.700. The Morgan fingerprint density at radius 3 is 2.33 bits per heavy atom. The zero-order valence-corrected chi connectivity index (χ0v) is 18.5. The molecule has 1 amide bonds. The number of nitrogens with one attached hydrogen (secondary N) is 2. The Morgan fingerprint density at radius 2 is 1.67 bits per heavy atom. The number of ether oxygens (including phenoxy) is 2. The first-order chi connectivity index (χ1) is 14.2. The fraction of sp³-hybridized carbons (Fsp3) is 0.409. The molecule has 0 aliphatic carbocycles. The van der Waals surface area contributed by atoms with Gasteiger partial charge in [0.05, 0.1) is 10.9 Å². The first-order valence-corrected chi connectivity index (χ1v) is 11.5. The summed E-state index contributed by atoms with van der Waals surface area (Å²) >= 11 is 0.